The van der Waals surface area contributed by atoms with Crippen LogP contribution in [0.1, 0.15) is 0 Å². The average Bonchev–Trinajstić information content (AvgIpc) is 2.25. The van der Waals surface area contributed by atoms with Gasteiger partial charge in [0.1, 0.15) is 12.6 Å². The highest BCUT2D eigenvalue weighted by Crippen LogP contribution is 2.01. The Morgan fingerprint density at radius 1 is 1.62 bits per heavy atom. The van der Waals surface area contributed by atoms with E-state index in [0.29, 0.717) is 5.75 Å². The first-order valence-electron chi connectivity index (χ1n) is 4.48. The van der Waals surface area contributed by atoms with Crippen LogP contribution in [0.2, 0.25) is 0 Å². The summed E-state index contributed by atoms with van der Waals surface area (Å²) < 4.78 is 4.73. The van der Waals surface area contributed by atoms with E-state index in [4.69, 9.17) is 22.0 Å². The van der Waals surface area contributed by atoms with Crippen LogP contribution in [0.3, 0.4) is 0 Å². The zero-order chi connectivity index (χ0) is 12.4. The van der Waals surface area contributed by atoms with Crippen molar-refractivity contribution in [3.05, 3.63) is 0 Å². The monoisotopic (exact) mass is 246 g/mol. The maximum atomic E-state index is 10.9. The Labute approximate surface area is 97.9 Å². The van der Waals surface area contributed by atoms with E-state index in [1.165, 1.54) is 11.8 Å². The Kier molecular flexibility index (Phi) is 8.11. The second-order valence-electron chi connectivity index (χ2n) is 2.71. The molecule has 4 N–H and O–H groups in total. The molecule has 1 atom stereocenters. The van der Waals surface area contributed by atoms with E-state index in [-0.39, 0.29) is 18.9 Å². The van der Waals surface area contributed by atoms with Gasteiger partial charge in [-0.3, -0.25) is 4.79 Å². The van der Waals surface area contributed by atoms with E-state index in [0.717, 1.165) is 0 Å². The molecule has 0 radical (unpaired) electrons. The summed E-state index contributed by atoms with van der Waals surface area (Å²) in [6.45, 7) is 0.309. The Balaban J connectivity index is 3.37. The molecule has 0 heterocycles. The summed E-state index contributed by atoms with van der Waals surface area (Å²) in [5.41, 5.74) is 5.26. The van der Waals surface area contributed by atoms with Crippen LogP contribution < -0.4 is 11.1 Å². The Morgan fingerprint density at radius 2 is 2.31 bits per heavy atom. The molecule has 0 aliphatic rings. The summed E-state index contributed by atoms with van der Waals surface area (Å²) in [7, 11) is 0. The second-order valence-corrected chi connectivity index (χ2v) is 3.86. The summed E-state index contributed by atoms with van der Waals surface area (Å²) in [4.78, 5) is 21.2. The molecule has 0 aliphatic heterocycles. The van der Waals surface area contributed by atoms with Gasteiger partial charge in [0.15, 0.2) is 0 Å². The number of terminal acetylenes is 1. The van der Waals surface area contributed by atoms with Crippen molar-refractivity contribution in [1.82, 2.24) is 5.32 Å². The molecular weight excluding hydrogens is 232 g/mol. The molecule has 0 aromatic rings. The zero-order valence-corrected chi connectivity index (χ0v) is 9.46. The lowest BCUT2D eigenvalue weighted by Gasteiger charge is -2.06. The molecule has 6 nitrogen and oxygen atoms in total. The SMILES string of the molecule is C#CCNC(=O)OCCSC[C@H](N)C(=O)O. The molecule has 0 aromatic heterocycles. The number of carboxylic acid groups (broad SMARTS) is 1. The minimum atomic E-state index is -1.04. The van der Waals surface area contributed by atoms with Crippen LogP contribution in [-0.4, -0.2) is 47.9 Å². The van der Waals surface area contributed by atoms with Gasteiger partial charge in [0.05, 0.1) is 6.54 Å². The molecule has 1 amide bonds. The molecule has 16 heavy (non-hydrogen) atoms. The average molecular weight is 246 g/mol. The van der Waals surface area contributed by atoms with Crippen molar-refractivity contribution in [3.8, 4) is 12.3 Å². The number of aliphatic carboxylic acids is 1. The predicted molar refractivity (Wildman–Crippen MR) is 61.1 cm³/mol. The van der Waals surface area contributed by atoms with Crippen molar-refractivity contribution in [3.63, 3.8) is 0 Å². The van der Waals surface area contributed by atoms with Crippen molar-refractivity contribution in [2.45, 2.75) is 6.04 Å². The van der Waals surface area contributed by atoms with E-state index < -0.39 is 18.1 Å². The maximum Gasteiger partial charge on any atom is 0.407 e. The Morgan fingerprint density at radius 3 is 2.88 bits per heavy atom. The van der Waals surface area contributed by atoms with Crippen molar-refractivity contribution < 1.29 is 19.4 Å². The Hall–Kier alpha value is -1.39. The van der Waals surface area contributed by atoms with E-state index >= 15 is 0 Å². The van der Waals surface area contributed by atoms with Crippen molar-refractivity contribution >= 4 is 23.8 Å². The van der Waals surface area contributed by atoms with Crippen LogP contribution in [0.25, 0.3) is 0 Å². The lowest BCUT2D eigenvalue weighted by Crippen LogP contribution is -2.32. The normalized spacial score (nSPS) is 11.2. The van der Waals surface area contributed by atoms with E-state index in [2.05, 4.69) is 11.2 Å². The third kappa shape index (κ3) is 7.96. The fourth-order valence-corrected chi connectivity index (χ4v) is 1.41. The van der Waals surface area contributed by atoms with Crippen LogP contribution in [0.4, 0.5) is 4.79 Å². The third-order valence-corrected chi connectivity index (χ3v) is 2.46. The molecule has 90 valence electrons. The van der Waals surface area contributed by atoms with E-state index in [1.54, 1.807) is 0 Å². The van der Waals surface area contributed by atoms with Gasteiger partial charge in [0, 0.05) is 11.5 Å². The first-order valence-corrected chi connectivity index (χ1v) is 5.63. The van der Waals surface area contributed by atoms with Crippen LogP contribution in [0.5, 0.6) is 0 Å². The van der Waals surface area contributed by atoms with Crippen LogP contribution >= 0.6 is 11.8 Å². The lowest BCUT2D eigenvalue weighted by molar-refractivity contribution is -0.137. The summed E-state index contributed by atoms with van der Waals surface area (Å²) in [6, 6.07) is -0.889. The number of rotatable bonds is 7. The first kappa shape index (κ1) is 14.6. The van der Waals surface area contributed by atoms with Gasteiger partial charge in [-0.1, -0.05) is 5.92 Å². The molecule has 0 unspecified atom stereocenters. The smallest absolute Gasteiger partial charge is 0.407 e. The quantitative estimate of drug-likeness (QED) is 0.413. The number of nitrogens with one attached hydrogen (secondary N) is 1. The molecule has 0 saturated carbocycles. The maximum absolute atomic E-state index is 10.9. The molecular formula is C9H14N2O4S. The lowest BCUT2D eigenvalue weighted by atomic mass is 10.4. The largest absolute Gasteiger partial charge is 0.480 e. The van der Waals surface area contributed by atoms with Gasteiger partial charge in [-0.2, -0.15) is 11.8 Å². The van der Waals surface area contributed by atoms with Crippen LogP contribution in [0, 0.1) is 12.3 Å². The highest BCUT2D eigenvalue weighted by molar-refractivity contribution is 7.99. The molecule has 0 aromatic carbocycles. The first-order chi connectivity index (χ1) is 7.57. The fourth-order valence-electron chi connectivity index (χ4n) is 0.649. The minimum Gasteiger partial charge on any atom is -0.480 e. The number of carbonyl (C=O) groups is 2. The van der Waals surface area contributed by atoms with Crippen molar-refractivity contribution in [2.75, 3.05) is 24.7 Å². The molecule has 0 fully saturated rings. The number of alkyl carbamates (subject to hydrolysis) is 1. The van der Waals surface area contributed by atoms with Crippen LogP contribution in [0.15, 0.2) is 0 Å². The van der Waals surface area contributed by atoms with Gasteiger partial charge in [0.2, 0.25) is 0 Å². The van der Waals surface area contributed by atoms with Crippen LogP contribution in [-0.2, 0) is 9.53 Å². The number of amides is 1. The number of ether oxygens (including phenoxy) is 1. The van der Waals surface area contributed by atoms with E-state index in [1.807, 2.05) is 0 Å². The van der Waals surface area contributed by atoms with Crippen molar-refractivity contribution in [2.24, 2.45) is 5.73 Å². The Bertz CT molecular complexity index is 277. The third-order valence-electron chi connectivity index (χ3n) is 1.41. The summed E-state index contributed by atoms with van der Waals surface area (Å²) in [5, 5.41) is 10.8. The molecule has 0 saturated heterocycles. The molecule has 0 rings (SSSR count). The number of nitrogens with two attached hydrogens (primary N) is 1. The second kappa shape index (κ2) is 8.88. The molecule has 0 bridgehead atoms. The molecule has 7 heteroatoms. The number of thioether (sulfide) groups is 1. The highest BCUT2D eigenvalue weighted by Gasteiger charge is 2.10. The van der Waals surface area contributed by atoms with Gasteiger partial charge >= 0.3 is 12.1 Å². The molecule has 0 spiro atoms. The van der Waals surface area contributed by atoms with Gasteiger partial charge in [0.25, 0.3) is 0 Å². The fraction of sp³-hybridized carbons (Fsp3) is 0.556. The number of carbonyl (C=O) groups excluding carboxylic acids is 1. The predicted octanol–water partition coefficient (Wildman–Crippen LogP) is -0.509. The van der Waals surface area contributed by atoms with Crippen molar-refractivity contribution in [1.29, 1.82) is 0 Å². The summed E-state index contributed by atoms with van der Waals surface area (Å²) >= 11 is 1.30. The van der Waals surface area contributed by atoms with E-state index in [9.17, 15) is 9.59 Å². The number of hydrogen-bond donors (Lipinski definition) is 3. The van der Waals surface area contributed by atoms with Gasteiger partial charge in [-0.15, -0.1) is 6.42 Å². The standard InChI is InChI=1S/C9H14N2O4S/c1-2-3-11-9(14)15-4-5-16-6-7(10)8(12)13/h1,7H,3-6,10H2,(H,11,14)(H,12,13)/t7-/m0/s1. The highest BCUT2D eigenvalue weighted by atomic mass is 32.2. The topological polar surface area (TPSA) is 102 Å². The summed E-state index contributed by atoms with van der Waals surface area (Å²) in [6.07, 6.45) is 4.34. The van der Waals surface area contributed by atoms with Gasteiger partial charge < -0.3 is 20.9 Å². The molecule has 0 aliphatic carbocycles. The number of hydrogen-bond acceptors (Lipinski definition) is 5. The van der Waals surface area contributed by atoms with Gasteiger partial charge in [-0.05, 0) is 0 Å². The zero-order valence-electron chi connectivity index (χ0n) is 8.64. The van der Waals surface area contributed by atoms with Gasteiger partial charge in [-0.25, -0.2) is 4.79 Å². The number of carboxylic acids is 1. The minimum absolute atomic E-state index is 0.121. The summed E-state index contributed by atoms with van der Waals surface area (Å²) in [5.74, 6) is 1.96.